The van der Waals surface area contributed by atoms with Crippen molar-refractivity contribution in [3.05, 3.63) is 119 Å². The van der Waals surface area contributed by atoms with Gasteiger partial charge in [0.25, 0.3) is 0 Å². The van der Waals surface area contributed by atoms with Crippen LogP contribution in [0.15, 0.2) is 96.6 Å². The third kappa shape index (κ3) is 12.6. The van der Waals surface area contributed by atoms with E-state index in [0.717, 1.165) is 17.6 Å². The van der Waals surface area contributed by atoms with Gasteiger partial charge in [0.15, 0.2) is 0 Å². The molecule has 1 fully saturated rings. The molecule has 2 aliphatic carbocycles. The molecule has 3 aliphatic rings. The lowest BCUT2D eigenvalue weighted by Gasteiger charge is -2.48. The van der Waals surface area contributed by atoms with E-state index < -0.39 is 59.3 Å². The smallest absolute Gasteiger partial charge is 0.314 e. The number of hydrogen-bond acceptors (Lipinski definition) is 10. The highest BCUT2D eigenvalue weighted by molar-refractivity contribution is 6.03. The molecule has 3 N–H and O–H groups in total. The first-order valence-corrected chi connectivity index (χ1v) is 22.9. The van der Waals surface area contributed by atoms with Gasteiger partial charge in [0.1, 0.15) is 30.1 Å². The molecule has 6 rings (SSSR count). The van der Waals surface area contributed by atoms with Crippen LogP contribution in [0.3, 0.4) is 0 Å². The van der Waals surface area contributed by atoms with Crippen molar-refractivity contribution < 1.29 is 57.5 Å². The number of rotatable bonds is 20. The van der Waals surface area contributed by atoms with E-state index in [2.05, 4.69) is 32.1 Å². The summed E-state index contributed by atoms with van der Waals surface area (Å²) in [6, 6.07) is 17.2. The largest absolute Gasteiger partial charge is 0.465 e. The zero-order valence-electron chi connectivity index (χ0n) is 37.9. The fourth-order valence-electron chi connectivity index (χ4n) is 9.27. The molecule has 1 saturated heterocycles. The Kier molecular flexibility index (Phi) is 16.5. The molecule has 10 atom stereocenters. The van der Waals surface area contributed by atoms with E-state index in [4.69, 9.17) is 14.2 Å². The standard InChI is InChI=1S/C52H63F2NO10/c1-6-52(4,5)51(62)65-45-28-31(2)27-35-8-7-32(3)42(48(35)45)22-19-39(56)29-40(57)30-47(60)63-26-25-46(59)64-41-20-11-34(12-21-41)49-43(23-24-44(58)33-9-13-36(53)14-10-33)50(61)55(49)38-17-15-37(54)16-18-38/h7-18,20-21,27,31-32,39-40,42-45,48-49,56-58H,6,19,22-26,28-30H2,1-5H3. The minimum atomic E-state index is -1.16. The number of allylic oxidation sites excluding steroid dienone is 3. The van der Waals surface area contributed by atoms with Crippen LogP contribution in [0, 0.1) is 46.6 Å². The fourth-order valence-corrected chi connectivity index (χ4v) is 9.27. The topological polar surface area (TPSA) is 160 Å². The SMILES string of the molecule is CCC(C)(C)C(=O)OC1CC(C)C=C2C=CC(C)C(CCC(O)CC(O)CC(=O)OCCC(=O)Oc3ccc(C4C(CCC(O)c5ccc(F)cc5)C(=O)N4c4ccc(F)cc4)cc3)C21. The van der Waals surface area contributed by atoms with Crippen LogP contribution in [0.4, 0.5) is 14.5 Å². The maximum atomic E-state index is 13.8. The first kappa shape index (κ1) is 49.2. The Balaban J connectivity index is 0.949. The number of benzene rings is 3. The molecule has 0 radical (unpaired) electrons. The van der Waals surface area contributed by atoms with Crippen molar-refractivity contribution >= 4 is 29.5 Å². The van der Waals surface area contributed by atoms with Gasteiger partial charge in [-0.1, -0.05) is 63.3 Å². The molecule has 10 unspecified atom stereocenters. The number of carbonyl (C=O) groups excluding carboxylic acids is 4. The lowest BCUT2D eigenvalue weighted by atomic mass is 9.65. The highest BCUT2D eigenvalue weighted by atomic mass is 19.1. The van der Waals surface area contributed by atoms with Crippen LogP contribution in [0.1, 0.15) is 116 Å². The maximum absolute atomic E-state index is 13.8. The first-order chi connectivity index (χ1) is 30.9. The number of β-lactam (4-membered cyclic amide) rings is 1. The summed E-state index contributed by atoms with van der Waals surface area (Å²) in [5.74, 6) is -2.39. The average Bonchev–Trinajstić information content (AvgIpc) is 3.26. The summed E-state index contributed by atoms with van der Waals surface area (Å²) in [5, 5.41) is 32.4. The summed E-state index contributed by atoms with van der Waals surface area (Å²) in [7, 11) is 0. The highest BCUT2D eigenvalue weighted by Gasteiger charge is 2.48. The number of anilines is 1. The molecular formula is C52H63F2NO10. The first-order valence-electron chi connectivity index (χ1n) is 22.9. The zero-order valence-corrected chi connectivity index (χ0v) is 37.9. The van der Waals surface area contributed by atoms with Gasteiger partial charge < -0.3 is 34.4 Å². The minimum absolute atomic E-state index is 0.00131. The number of nitrogens with zero attached hydrogens (tertiary/aromatic N) is 1. The van der Waals surface area contributed by atoms with Crippen molar-refractivity contribution in [2.24, 2.45) is 35.0 Å². The van der Waals surface area contributed by atoms with Crippen LogP contribution >= 0.6 is 0 Å². The predicted octanol–water partition coefficient (Wildman–Crippen LogP) is 9.06. The third-order valence-electron chi connectivity index (χ3n) is 13.4. The lowest BCUT2D eigenvalue weighted by molar-refractivity contribution is -0.164. The second-order valence-corrected chi connectivity index (χ2v) is 18.7. The Hall–Kier alpha value is -5.24. The van der Waals surface area contributed by atoms with Crippen molar-refractivity contribution in [2.75, 3.05) is 11.5 Å². The van der Waals surface area contributed by atoms with Crippen molar-refractivity contribution in [1.29, 1.82) is 0 Å². The van der Waals surface area contributed by atoms with Gasteiger partial charge in [0.2, 0.25) is 5.91 Å². The van der Waals surface area contributed by atoms with E-state index in [0.29, 0.717) is 36.9 Å². The number of aliphatic hydroxyl groups excluding tert-OH is 3. The second-order valence-electron chi connectivity index (χ2n) is 18.7. The van der Waals surface area contributed by atoms with Crippen LogP contribution in [0.2, 0.25) is 0 Å². The van der Waals surface area contributed by atoms with E-state index in [9.17, 15) is 43.3 Å². The summed E-state index contributed by atoms with van der Waals surface area (Å²) < 4.78 is 44.1. The van der Waals surface area contributed by atoms with Gasteiger partial charge in [0, 0.05) is 11.6 Å². The molecule has 13 heteroatoms. The number of carbonyl (C=O) groups is 4. The number of amides is 1. The molecule has 3 aromatic carbocycles. The number of hydrogen-bond donors (Lipinski definition) is 3. The summed E-state index contributed by atoms with van der Waals surface area (Å²) in [5.41, 5.74) is 2.33. The number of esters is 3. The van der Waals surface area contributed by atoms with E-state index in [1.807, 2.05) is 20.8 Å². The quantitative estimate of drug-likeness (QED) is 0.0567. The molecule has 1 aliphatic heterocycles. The van der Waals surface area contributed by atoms with E-state index in [1.54, 1.807) is 29.2 Å². The molecule has 3 aromatic rings. The molecule has 0 bridgehead atoms. The van der Waals surface area contributed by atoms with Gasteiger partial charge in [-0.25, -0.2) is 8.78 Å². The Morgan fingerprint density at radius 1 is 0.862 bits per heavy atom. The van der Waals surface area contributed by atoms with Gasteiger partial charge in [-0.15, -0.1) is 0 Å². The molecule has 1 amide bonds. The van der Waals surface area contributed by atoms with Crippen molar-refractivity contribution in [3.8, 4) is 5.75 Å². The van der Waals surface area contributed by atoms with E-state index in [-0.39, 0.29) is 79.7 Å². The summed E-state index contributed by atoms with van der Waals surface area (Å²) >= 11 is 0. The lowest BCUT2D eigenvalue weighted by Crippen LogP contribution is -2.55. The molecule has 0 saturated carbocycles. The Bertz CT molecular complexity index is 2170. The predicted molar refractivity (Wildman–Crippen MR) is 240 cm³/mol. The van der Waals surface area contributed by atoms with E-state index in [1.165, 1.54) is 48.5 Å². The number of ether oxygens (including phenoxy) is 3. The minimum Gasteiger partial charge on any atom is -0.465 e. The molecule has 1 heterocycles. The van der Waals surface area contributed by atoms with Gasteiger partial charge in [-0.3, -0.25) is 19.2 Å². The average molecular weight is 900 g/mol. The molecule has 0 spiro atoms. The second kappa shape index (κ2) is 21.8. The number of halogens is 2. The normalized spacial score (nSPS) is 24.2. The summed E-state index contributed by atoms with van der Waals surface area (Å²) in [6.45, 7) is 9.74. The molecular weight excluding hydrogens is 837 g/mol. The Morgan fingerprint density at radius 3 is 2.18 bits per heavy atom. The summed E-state index contributed by atoms with van der Waals surface area (Å²) in [4.78, 5) is 53.4. The molecule has 65 heavy (non-hydrogen) atoms. The van der Waals surface area contributed by atoms with Gasteiger partial charge in [-0.2, -0.15) is 0 Å². The Morgan fingerprint density at radius 2 is 1.52 bits per heavy atom. The van der Waals surface area contributed by atoms with Crippen molar-refractivity contribution in [2.45, 2.75) is 123 Å². The Labute approximate surface area is 380 Å². The van der Waals surface area contributed by atoms with E-state index >= 15 is 0 Å². The van der Waals surface area contributed by atoms with Crippen LogP contribution in [-0.2, 0) is 28.7 Å². The van der Waals surface area contributed by atoms with Crippen molar-refractivity contribution in [3.63, 3.8) is 0 Å². The van der Waals surface area contributed by atoms with Crippen LogP contribution in [-0.4, -0.2) is 64.1 Å². The van der Waals surface area contributed by atoms with Crippen LogP contribution in [0.25, 0.3) is 0 Å². The van der Waals surface area contributed by atoms with Gasteiger partial charge in [-0.05, 0) is 142 Å². The zero-order chi connectivity index (χ0) is 47.0. The maximum Gasteiger partial charge on any atom is 0.314 e. The van der Waals surface area contributed by atoms with Gasteiger partial charge >= 0.3 is 17.9 Å². The number of fused-ring (bicyclic) bond motifs is 1. The van der Waals surface area contributed by atoms with Crippen LogP contribution < -0.4 is 9.64 Å². The summed E-state index contributed by atoms with van der Waals surface area (Å²) in [6.07, 6.45) is 5.66. The fraction of sp³-hybridized carbons (Fsp3) is 0.500. The number of aliphatic hydroxyl groups is 3. The third-order valence-corrected chi connectivity index (χ3v) is 13.4. The molecule has 0 aromatic heterocycles. The van der Waals surface area contributed by atoms with Gasteiger partial charge in [0.05, 0.1) is 48.5 Å². The monoisotopic (exact) mass is 899 g/mol. The molecule has 11 nitrogen and oxygen atoms in total. The van der Waals surface area contributed by atoms with Crippen molar-refractivity contribution in [1.82, 2.24) is 0 Å². The van der Waals surface area contributed by atoms with Crippen LogP contribution in [0.5, 0.6) is 5.75 Å². The molecule has 350 valence electrons. The highest BCUT2D eigenvalue weighted by Crippen LogP contribution is 2.48.